The number of alkyl halides is 3. The number of methoxy groups -OCH3 is 2. The van der Waals surface area contributed by atoms with E-state index in [-0.39, 0.29) is 0 Å². The maximum Gasteiger partial charge on any atom is 0.534 e. The molecular weight excluding hydrogens is 457 g/mol. The highest BCUT2D eigenvalue weighted by Crippen LogP contribution is 2.44. The van der Waals surface area contributed by atoms with Crippen LogP contribution >= 0.6 is 0 Å². The van der Waals surface area contributed by atoms with Crippen molar-refractivity contribution in [1.29, 1.82) is 0 Å². The van der Waals surface area contributed by atoms with Gasteiger partial charge in [-0.15, -0.1) is 0 Å². The third-order valence-corrected chi connectivity index (χ3v) is 6.30. The highest BCUT2D eigenvalue weighted by atomic mass is 32.2. The second-order valence-corrected chi connectivity index (χ2v) is 8.83. The molecule has 33 heavy (non-hydrogen) atoms. The SMILES string of the molecule is COc1ccc(C2=C(c3ccc(OS(=O)(=O)C(F)(F)F)cc3)c3ccc(OC)cc3C2)cc1. The van der Waals surface area contributed by atoms with E-state index in [9.17, 15) is 21.6 Å². The van der Waals surface area contributed by atoms with Crippen molar-refractivity contribution in [2.75, 3.05) is 14.2 Å². The van der Waals surface area contributed by atoms with E-state index in [1.807, 2.05) is 42.5 Å². The van der Waals surface area contributed by atoms with E-state index in [0.29, 0.717) is 23.5 Å². The monoisotopic (exact) mass is 476 g/mol. The molecule has 3 aromatic carbocycles. The highest BCUT2D eigenvalue weighted by molar-refractivity contribution is 7.88. The van der Waals surface area contributed by atoms with Crippen LogP contribution in [0.1, 0.15) is 22.3 Å². The number of fused-ring (bicyclic) bond motifs is 1. The van der Waals surface area contributed by atoms with E-state index < -0.39 is 21.4 Å². The second-order valence-electron chi connectivity index (χ2n) is 7.29. The average molecular weight is 476 g/mol. The lowest BCUT2D eigenvalue weighted by Crippen LogP contribution is -2.28. The molecule has 9 heteroatoms. The molecule has 0 unspecified atom stereocenters. The van der Waals surface area contributed by atoms with Crippen LogP contribution in [-0.2, 0) is 16.5 Å². The van der Waals surface area contributed by atoms with Crippen LogP contribution in [0.5, 0.6) is 17.2 Å². The molecule has 3 aromatic rings. The Balaban J connectivity index is 1.77. The topological polar surface area (TPSA) is 61.8 Å². The van der Waals surface area contributed by atoms with Crippen LogP contribution in [-0.4, -0.2) is 28.1 Å². The van der Waals surface area contributed by atoms with E-state index in [1.54, 1.807) is 26.4 Å². The summed E-state index contributed by atoms with van der Waals surface area (Å²) in [5.74, 6) is 1.01. The van der Waals surface area contributed by atoms with Crippen molar-refractivity contribution in [3.8, 4) is 17.2 Å². The standard InChI is InChI=1S/C24H19F3O5S/c1-30-18-7-3-15(4-8-18)22-14-17-13-20(31-2)11-12-21(17)23(22)16-5-9-19(10-6-16)32-33(28,29)24(25,26)27/h3-13H,14H2,1-2H3. The third kappa shape index (κ3) is 4.41. The van der Waals surface area contributed by atoms with Gasteiger partial charge in [-0.05, 0) is 76.2 Å². The summed E-state index contributed by atoms with van der Waals surface area (Å²) in [4.78, 5) is 0. The maximum atomic E-state index is 12.6. The normalized spacial score (nSPS) is 13.6. The first kappa shape index (κ1) is 22.7. The molecule has 0 aliphatic heterocycles. The van der Waals surface area contributed by atoms with Crippen molar-refractivity contribution >= 4 is 21.3 Å². The van der Waals surface area contributed by atoms with Gasteiger partial charge in [-0.1, -0.05) is 30.3 Å². The number of allylic oxidation sites excluding steroid dienone is 1. The van der Waals surface area contributed by atoms with Crippen LogP contribution in [0, 0.1) is 0 Å². The number of hydrogen-bond donors (Lipinski definition) is 0. The smallest absolute Gasteiger partial charge is 0.497 e. The van der Waals surface area contributed by atoms with Crippen molar-refractivity contribution in [1.82, 2.24) is 0 Å². The molecule has 1 aliphatic rings. The average Bonchev–Trinajstić information content (AvgIpc) is 3.17. The molecule has 0 atom stereocenters. The minimum Gasteiger partial charge on any atom is -0.497 e. The van der Waals surface area contributed by atoms with Gasteiger partial charge in [0.1, 0.15) is 17.2 Å². The first-order valence-electron chi connectivity index (χ1n) is 9.79. The first-order valence-corrected chi connectivity index (χ1v) is 11.2. The van der Waals surface area contributed by atoms with Gasteiger partial charge in [-0.25, -0.2) is 0 Å². The quantitative estimate of drug-likeness (QED) is 0.350. The summed E-state index contributed by atoms with van der Waals surface area (Å²) in [5.41, 5.74) is 0.0652. The first-order chi connectivity index (χ1) is 15.6. The zero-order valence-corrected chi connectivity index (χ0v) is 18.5. The van der Waals surface area contributed by atoms with Gasteiger partial charge in [0.25, 0.3) is 0 Å². The Morgan fingerprint density at radius 1 is 0.758 bits per heavy atom. The van der Waals surface area contributed by atoms with E-state index in [2.05, 4.69) is 4.18 Å². The van der Waals surface area contributed by atoms with Crippen LogP contribution in [0.15, 0.2) is 66.7 Å². The number of benzene rings is 3. The molecule has 0 aromatic heterocycles. The molecule has 1 aliphatic carbocycles. The summed E-state index contributed by atoms with van der Waals surface area (Å²) >= 11 is 0. The molecule has 172 valence electrons. The Kier molecular flexibility index (Phi) is 5.84. The summed E-state index contributed by atoms with van der Waals surface area (Å²) in [5, 5.41) is 0. The Hall–Kier alpha value is -3.46. The van der Waals surface area contributed by atoms with Crippen LogP contribution in [0.4, 0.5) is 13.2 Å². The molecule has 0 bridgehead atoms. The maximum absolute atomic E-state index is 12.6. The van der Waals surface area contributed by atoms with Crippen LogP contribution in [0.3, 0.4) is 0 Å². The molecule has 4 rings (SSSR count). The van der Waals surface area contributed by atoms with Crippen LogP contribution in [0.25, 0.3) is 11.1 Å². The Morgan fingerprint density at radius 2 is 1.30 bits per heavy atom. The van der Waals surface area contributed by atoms with Crippen LogP contribution < -0.4 is 13.7 Å². The molecule has 0 spiro atoms. The van der Waals surface area contributed by atoms with Crippen molar-refractivity contribution < 1.29 is 35.2 Å². The number of ether oxygens (including phenoxy) is 2. The summed E-state index contributed by atoms with van der Waals surface area (Å²) in [6.07, 6.45) is 0.620. The number of halogens is 3. The van der Waals surface area contributed by atoms with E-state index in [0.717, 1.165) is 27.8 Å². The van der Waals surface area contributed by atoms with Gasteiger partial charge in [0.15, 0.2) is 0 Å². The van der Waals surface area contributed by atoms with Crippen molar-refractivity contribution in [3.63, 3.8) is 0 Å². The summed E-state index contributed by atoms with van der Waals surface area (Å²) in [6, 6.07) is 18.8. The minimum atomic E-state index is -5.74. The predicted octanol–water partition coefficient (Wildman–Crippen LogP) is 5.45. The third-order valence-electron chi connectivity index (χ3n) is 5.32. The van der Waals surface area contributed by atoms with Gasteiger partial charge in [-0.2, -0.15) is 21.6 Å². The zero-order valence-electron chi connectivity index (χ0n) is 17.6. The summed E-state index contributed by atoms with van der Waals surface area (Å²) < 4.78 is 75.3. The van der Waals surface area contributed by atoms with Gasteiger partial charge in [0.2, 0.25) is 0 Å². The highest BCUT2D eigenvalue weighted by Gasteiger charge is 2.48. The Morgan fingerprint density at radius 3 is 1.88 bits per heavy atom. The van der Waals surface area contributed by atoms with E-state index in [1.165, 1.54) is 12.1 Å². The molecule has 0 saturated carbocycles. The predicted molar refractivity (Wildman–Crippen MR) is 118 cm³/mol. The number of rotatable bonds is 6. The van der Waals surface area contributed by atoms with Crippen molar-refractivity contribution in [3.05, 3.63) is 89.0 Å². The van der Waals surface area contributed by atoms with Crippen LogP contribution in [0.2, 0.25) is 0 Å². The lowest BCUT2D eigenvalue weighted by molar-refractivity contribution is -0.0500. The molecule has 0 amide bonds. The number of hydrogen-bond acceptors (Lipinski definition) is 5. The largest absolute Gasteiger partial charge is 0.534 e. The fourth-order valence-corrected chi connectivity index (χ4v) is 4.21. The Bertz CT molecular complexity index is 1310. The van der Waals surface area contributed by atoms with Crippen molar-refractivity contribution in [2.45, 2.75) is 11.9 Å². The van der Waals surface area contributed by atoms with E-state index in [4.69, 9.17) is 9.47 Å². The van der Waals surface area contributed by atoms with Gasteiger partial charge in [0.05, 0.1) is 14.2 Å². The van der Waals surface area contributed by atoms with Gasteiger partial charge in [-0.3, -0.25) is 0 Å². The molecule has 0 radical (unpaired) electrons. The fraction of sp³-hybridized carbons (Fsp3) is 0.167. The fourth-order valence-electron chi connectivity index (χ4n) is 3.75. The Labute approximate surface area is 189 Å². The van der Waals surface area contributed by atoms with Gasteiger partial charge >= 0.3 is 15.6 Å². The van der Waals surface area contributed by atoms with Gasteiger partial charge in [0, 0.05) is 0 Å². The zero-order chi connectivity index (χ0) is 23.8. The molecule has 0 heterocycles. The van der Waals surface area contributed by atoms with E-state index >= 15 is 0 Å². The summed E-state index contributed by atoms with van der Waals surface area (Å²) in [6.45, 7) is 0. The molecule has 5 nitrogen and oxygen atoms in total. The van der Waals surface area contributed by atoms with Crippen molar-refractivity contribution in [2.24, 2.45) is 0 Å². The molecular formula is C24H19F3O5S. The molecule has 0 fully saturated rings. The lowest BCUT2D eigenvalue weighted by atomic mass is 9.94. The summed E-state index contributed by atoms with van der Waals surface area (Å²) in [7, 11) is -2.57. The second kappa shape index (κ2) is 8.47. The molecule has 0 N–H and O–H groups in total. The minimum absolute atomic E-state index is 0.421. The van der Waals surface area contributed by atoms with Gasteiger partial charge < -0.3 is 13.7 Å². The lowest BCUT2D eigenvalue weighted by Gasteiger charge is -2.13. The molecule has 0 saturated heterocycles.